The van der Waals surface area contributed by atoms with Crippen LogP contribution in [0.5, 0.6) is 5.75 Å². The molecule has 2 aromatic rings. The lowest BCUT2D eigenvalue weighted by atomic mass is 10.1. The number of anilines is 1. The van der Waals surface area contributed by atoms with Crippen LogP contribution in [0.4, 0.5) is 5.69 Å². The molecule has 0 atom stereocenters. The Balaban J connectivity index is 1.95. The Kier molecular flexibility index (Phi) is 6.73. The minimum Gasteiger partial charge on any atom is -0.491 e. The quantitative estimate of drug-likeness (QED) is 0.711. The monoisotopic (exact) mass is 410 g/mol. The summed E-state index contributed by atoms with van der Waals surface area (Å²) in [6.45, 7) is 4.63. The molecule has 6 nitrogen and oxygen atoms in total. The summed E-state index contributed by atoms with van der Waals surface area (Å²) in [5.74, 6) is 0.438. The van der Waals surface area contributed by atoms with Crippen LogP contribution in [0.2, 0.25) is 5.02 Å². The summed E-state index contributed by atoms with van der Waals surface area (Å²) in [7, 11) is -1.98. The van der Waals surface area contributed by atoms with Crippen molar-refractivity contribution < 1.29 is 17.9 Å². The fourth-order valence-corrected chi connectivity index (χ4v) is 3.13. The minimum atomic E-state index is -3.40. The molecule has 0 heterocycles. The zero-order valence-electron chi connectivity index (χ0n) is 15.7. The van der Waals surface area contributed by atoms with E-state index in [9.17, 15) is 13.2 Å². The van der Waals surface area contributed by atoms with Crippen molar-refractivity contribution in [2.45, 2.75) is 13.8 Å². The van der Waals surface area contributed by atoms with Gasteiger partial charge in [0, 0.05) is 7.05 Å². The van der Waals surface area contributed by atoms with Crippen LogP contribution in [0.3, 0.4) is 0 Å². The average Bonchev–Trinajstić information content (AvgIpc) is 2.60. The fraction of sp³-hybridized carbons (Fsp3) is 0.316. The average molecular weight is 411 g/mol. The Morgan fingerprint density at radius 3 is 2.56 bits per heavy atom. The number of ether oxygens (including phenoxy) is 1. The second-order valence-electron chi connectivity index (χ2n) is 6.20. The molecule has 0 aliphatic rings. The number of amides is 1. The zero-order valence-corrected chi connectivity index (χ0v) is 17.3. The van der Waals surface area contributed by atoms with Crippen molar-refractivity contribution in [2.24, 2.45) is 0 Å². The Morgan fingerprint density at radius 1 is 1.22 bits per heavy atom. The molecular weight excluding hydrogens is 388 g/mol. The highest BCUT2D eigenvalue weighted by molar-refractivity contribution is 7.92. The molecule has 0 unspecified atom stereocenters. The lowest BCUT2D eigenvalue weighted by Gasteiger charge is -2.17. The van der Waals surface area contributed by atoms with Gasteiger partial charge in [0.05, 0.1) is 29.1 Å². The van der Waals surface area contributed by atoms with E-state index in [1.807, 2.05) is 32.0 Å². The van der Waals surface area contributed by atoms with Gasteiger partial charge in [-0.1, -0.05) is 23.7 Å². The maximum Gasteiger partial charge on any atom is 0.252 e. The standard InChI is InChI=1S/C19H23ClN2O4S/c1-13-6-5-7-18(14(13)2)26-11-10-21-19(23)16-9-8-15(12-17(16)20)22(3)27(4,24)25/h5-9,12H,10-11H2,1-4H3,(H,21,23). The van der Waals surface area contributed by atoms with Crippen molar-refractivity contribution in [3.63, 3.8) is 0 Å². The Labute approximate surface area is 165 Å². The first-order chi connectivity index (χ1) is 12.6. The number of sulfonamides is 1. The third-order valence-electron chi connectivity index (χ3n) is 4.26. The normalized spacial score (nSPS) is 11.1. The maximum atomic E-state index is 12.3. The molecule has 0 spiro atoms. The van der Waals surface area contributed by atoms with Crippen LogP contribution < -0.4 is 14.4 Å². The summed E-state index contributed by atoms with van der Waals surface area (Å²) < 4.78 is 30.0. The molecule has 0 aliphatic heterocycles. The topological polar surface area (TPSA) is 75.7 Å². The van der Waals surface area contributed by atoms with Gasteiger partial charge in [0.1, 0.15) is 12.4 Å². The highest BCUT2D eigenvalue weighted by Gasteiger charge is 2.16. The van der Waals surface area contributed by atoms with E-state index in [0.717, 1.165) is 27.4 Å². The lowest BCUT2D eigenvalue weighted by Crippen LogP contribution is -2.29. The first-order valence-corrected chi connectivity index (χ1v) is 10.5. The Morgan fingerprint density at radius 2 is 1.93 bits per heavy atom. The Hall–Kier alpha value is -2.25. The van der Waals surface area contributed by atoms with Crippen molar-refractivity contribution >= 4 is 33.2 Å². The van der Waals surface area contributed by atoms with E-state index >= 15 is 0 Å². The number of halogens is 1. The number of carbonyl (C=O) groups is 1. The summed E-state index contributed by atoms with van der Waals surface area (Å²) in [4.78, 5) is 12.3. The van der Waals surface area contributed by atoms with Crippen molar-refractivity contribution in [3.05, 3.63) is 58.1 Å². The molecule has 2 rings (SSSR count). The molecule has 27 heavy (non-hydrogen) atoms. The minimum absolute atomic E-state index is 0.177. The summed E-state index contributed by atoms with van der Waals surface area (Å²) in [5, 5.41) is 2.92. The van der Waals surface area contributed by atoms with Crippen LogP contribution in [0.25, 0.3) is 0 Å². The molecule has 2 aromatic carbocycles. The predicted molar refractivity (Wildman–Crippen MR) is 108 cm³/mol. The van der Waals surface area contributed by atoms with Gasteiger partial charge in [-0.3, -0.25) is 9.10 Å². The first kappa shape index (κ1) is 21.1. The fourth-order valence-electron chi connectivity index (χ4n) is 2.38. The molecule has 146 valence electrons. The SMILES string of the molecule is Cc1cccc(OCCNC(=O)c2ccc(N(C)S(C)(=O)=O)cc2Cl)c1C. The maximum absolute atomic E-state index is 12.3. The van der Waals surface area contributed by atoms with Gasteiger partial charge < -0.3 is 10.1 Å². The van der Waals surface area contributed by atoms with Crippen LogP contribution in [-0.2, 0) is 10.0 Å². The van der Waals surface area contributed by atoms with E-state index in [0.29, 0.717) is 18.8 Å². The van der Waals surface area contributed by atoms with Crippen molar-refractivity contribution in [2.75, 3.05) is 30.8 Å². The number of carbonyl (C=O) groups excluding carboxylic acids is 1. The Bertz CT molecular complexity index is 945. The van der Waals surface area contributed by atoms with Crippen molar-refractivity contribution in [1.29, 1.82) is 0 Å². The van der Waals surface area contributed by atoms with Gasteiger partial charge in [0.25, 0.3) is 5.91 Å². The molecule has 0 bridgehead atoms. The number of rotatable bonds is 7. The van der Waals surface area contributed by atoms with Crippen LogP contribution in [0.1, 0.15) is 21.5 Å². The molecule has 0 aliphatic carbocycles. The summed E-state index contributed by atoms with van der Waals surface area (Å²) >= 11 is 6.15. The molecule has 0 aromatic heterocycles. The summed E-state index contributed by atoms with van der Waals surface area (Å²) in [6.07, 6.45) is 1.09. The van der Waals surface area contributed by atoms with Gasteiger partial charge in [-0.15, -0.1) is 0 Å². The number of aryl methyl sites for hydroxylation is 1. The van der Waals surface area contributed by atoms with Crippen LogP contribution in [0, 0.1) is 13.8 Å². The number of hydrogen-bond acceptors (Lipinski definition) is 4. The predicted octanol–water partition coefficient (Wildman–Crippen LogP) is 3.16. The third kappa shape index (κ3) is 5.37. The highest BCUT2D eigenvalue weighted by Crippen LogP contribution is 2.24. The number of hydrogen-bond donors (Lipinski definition) is 1. The van der Waals surface area contributed by atoms with E-state index in [1.54, 1.807) is 0 Å². The zero-order chi connectivity index (χ0) is 20.2. The van der Waals surface area contributed by atoms with Crippen molar-refractivity contribution in [3.8, 4) is 5.75 Å². The largest absolute Gasteiger partial charge is 0.491 e. The van der Waals surface area contributed by atoms with E-state index in [1.165, 1.54) is 25.2 Å². The van der Waals surface area contributed by atoms with Gasteiger partial charge in [-0.05, 0) is 49.2 Å². The van der Waals surface area contributed by atoms with Crippen LogP contribution >= 0.6 is 11.6 Å². The van der Waals surface area contributed by atoms with Crippen molar-refractivity contribution in [1.82, 2.24) is 5.32 Å². The first-order valence-electron chi connectivity index (χ1n) is 8.32. The van der Waals surface area contributed by atoms with E-state index in [4.69, 9.17) is 16.3 Å². The molecule has 8 heteroatoms. The molecule has 0 fully saturated rings. The van der Waals surface area contributed by atoms with Gasteiger partial charge in [-0.2, -0.15) is 0 Å². The van der Waals surface area contributed by atoms with Crippen LogP contribution in [0.15, 0.2) is 36.4 Å². The summed E-state index contributed by atoms with van der Waals surface area (Å²) in [6, 6.07) is 10.3. The second kappa shape index (κ2) is 8.63. The second-order valence-corrected chi connectivity index (χ2v) is 8.62. The lowest BCUT2D eigenvalue weighted by molar-refractivity contribution is 0.0947. The van der Waals surface area contributed by atoms with E-state index in [-0.39, 0.29) is 16.5 Å². The molecule has 0 saturated carbocycles. The molecule has 0 saturated heterocycles. The van der Waals surface area contributed by atoms with Gasteiger partial charge in [0.2, 0.25) is 10.0 Å². The molecular formula is C19H23ClN2O4S. The van der Waals surface area contributed by atoms with Gasteiger partial charge >= 0.3 is 0 Å². The third-order valence-corrected chi connectivity index (χ3v) is 5.78. The van der Waals surface area contributed by atoms with Crippen LogP contribution in [-0.4, -0.2) is 40.8 Å². The molecule has 1 N–H and O–H groups in total. The van der Waals surface area contributed by atoms with Gasteiger partial charge in [-0.25, -0.2) is 8.42 Å². The molecule has 0 radical (unpaired) electrons. The highest BCUT2D eigenvalue weighted by atomic mass is 35.5. The summed E-state index contributed by atoms with van der Waals surface area (Å²) in [5.41, 5.74) is 2.87. The number of nitrogens with zero attached hydrogens (tertiary/aromatic N) is 1. The van der Waals surface area contributed by atoms with E-state index in [2.05, 4.69) is 5.32 Å². The van der Waals surface area contributed by atoms with Gasteiger partial charge in [0.15, 0.2) is 0 Å². The van der Waals surface area contributed by atoms with E-state index < -0.39 is 10.0 Å². The number of nitrogens with one attached hydrogen (secondary N) is 1. The molecule has 1 amide bonds. The number of benzene rings is 2. The smallest absolute Gasteiger partial charge is 0.252 e.